The summed E-state index contributed by atoms with van der Waals surface area (Å²) in [5, 5.41) is 2.22. The quantitative estimate of drug-likeness (QED) is 0.699. The van der Waals surface area contributed by atoms with Crippen LogP contribution >= 0.6 is 12.2 Å². The molecule has 1 aromatic carbocycles. The van der Waals surface area contributed by atoms with Crippen LogP contribution in [0.2, 0.25) is 0 Å². The fourth-order valence-electron chi connectivity index (χ4n) is 2.68. The maximum atomic E-state index is 5.45. The zero-order valence-electron chi connectivity index (χ0n) is 11.3. The maximum Gasteiger partial charge on any atom is 0.158 e. The Hall–Kier alpha value is -2.11. The Morgan fingerprint density at radius 2 is 2.10 bits per heavy atom. The van der Waals surface area contributed by atoms with Crippen molar-refractivity contribution in [2.75, 3.05) is 6.61 Å². The van der Waals surface area contributed by atoms with E-state index in [1.807, 2.05) is 18.2 Å². The van der Waals surface area contributed by atoms with Crippen LogP contribution in [0.25, 0.3) is 22.3 Å². The minimum atomic E-state index is 0.543. The number of nitrogens with one attached hydrogen (secondary N) is 1. The third-order valence-electron chi connectivity index (χ3n) is 3.75. The third-order valence-corrected chi connectivity index (χ3v) is 4.08. The van der Waals surface area contributed by atoms with Gasteiger partial charge in [0, 0.05) is 29.3 Å². The Kier molecular flexibility index (Phi) is 3.02. The Bertz CT molecular complexity index is 883. The molecule has 0 radical (unpaired) electrons. The SMILES string of the molecule is S=c1nc(-c2nccc3ccccc23)[nH]c2c1COCC2. The number of fused-ring (bicyclic) bond motifs is 2. The lowest BCUT2D eigenvalue weighted by Gasteiger charge is -2.17. The predicted octanol–water partition coefficient (Wildman–Crippen LogP) is 3.43. The minimum Gasteiger partial charge on any atom is -0.376 e. The molecule has 0 unspecified atom stereocenters. The lowest BCUT2D eigenvalue weighted by molar-refractivity contribution is 0.108. The van der Waals surface area contributed by atoms with Gasteiger partial charge in [-0.15, -0.1) is 0 Å². The molecule has 1 N–H and O–H groups in total. The first kappa shape index (κ1) is 12.6. The van der Waals surface area contributed by atoms with Crippen LogP contribution in [0.1, 0.15) is 11.3 Å². The number of benzene rings is 1. The van der Waals surface area contributed by atoms with Crippen molar-refractivity contribution >= 4 is 23.0 Å². The molecule has 0 amide bonds. The molecular weight excluding hydrogens is 282 g/mol. The number of aromatic amines is 1. The highest BCUT2D eigenvalue weighted by Gasteiger charge is 2.15. The first-order valence-corrected chi connectivity index (χ1v) is 7.28. The largest absolute Gasteiger partial charge is 0.376 e. The maximum absolute atomic E-state index is 5.45. The van der Waals surface area contributed by atoms with Gasteiger partial charge in [0.2, 0.25) is 0 Å². The molecule has 3 heterocycles. The second-order valence-electron chi connectivity index (χ2n) is 5.03. The molecule has 0 atom stereocenters. The van der Waals surface area contributed by atoms with Gasteiger partial charge < -0.3 is 9.72 Å². The Morgan fingerprint density at radius 3 is 3.05 bits per heavy atom. The summed E-state index contributed by atoms with van der Waals surface area (Å²) in [5.41, 5.74) is 2.96. The van der Waals surface area contributed by atoms with Gasteiger partial charge in [0.05, 0.1) is 13.2 Å². The van der Waals surface area contributed by atoms with Crippen molar-refractivity contribution in [3.8, 4) is 11.5 Å². The van der Waals surface area contributed by atoms with E-state index in [2.05, 4.69) is 27.1 Å². The van der Waals surface area contributed by atoms with E-state index >= 15 is 0 Å². The van der Waals surface area contributed by atoms with Gasteiger partial charge in [-0.2, -0.15) is 0 Å². The molecule has 0 aliphatic carbocycles. The fourth-order valence-corrected chi connectivity index (χ4v) is 2.95. The van der Waals surface area contributed by atoms with Gasteiger partial charge in [0.1, 0.15) is 10.3 Å². The molecule has 104 valence electrons. The molecule has 1 aliphatic rings. The van der Waals surface area contributed by atoms with Gasteiger partial charge in [0.15, 0.2) is 5.82 Å². The summed E-state index contributed by atoms with van der Waals surface area (Å²) in [4.78, 5) is 12.4. The summed E-state index contributed by atoms with van der Waals surface area (Å²) in [6, 6.07) is 10.2. The highest BCUT2D eigenvalue weighted by atomic mass is 32.1. The number of rotatable bonds is 1. The number of H-pyrrole nitrogens is 1. The zero-order valence-corrected chi connectivity index (χ0v) is 12.1. The lowest BCUT2D eigenvalue weighted by atomic mass is 10.1. The van der Waals surface area contributed by atoms with Crippen molar-refractivity contribution in [3.63, 3.8) is 0 Å². The first-order chi connectivity index (χ1) is 10.3. The third kappa shape index (κ3) is 2.14. The molecule has 4 nitrogen and oxygen atoms in total. The summed E-state index contributed by atoms with van der Waals surface area (Å²) < 4.78 is 6.06. The van der Waals surface area contributed by atoms with Crippen molar-refractivity contribution in [2.45, 2.75) is 13.0 Å². The van der Waals surface area contributed by atoms with E-state index in [9.17, 15) is 0 Å². The summed E-state index contributed by atoms with van der Waals surface area (Å²) in [6.07, 6.45) is 2.64. The average molecular weight is 295 g/mol. The monoisotopic (exact) mass is 295 g/mol. The molecule has 0 spiro atoms. The van der Waals surface area contributed by atoms with Crippen LogP contribution in [-0.4, -0.2) is 21.6 Å². The van der Waals surface area contributed by atoms with E-state index in [-0.39, 0.29) is 0 Å². The summed E-state index contributed by atoms with van der Waals surface area (Å²) in [7, 11) is 0. The highest BCUT2D eigenvalue weighted by molar-refractivity contribution is 7.71. The minimum absolute atomic E-state index is 0.543. The van der Waals surface area contributed by atoms with Gasteiger partial charge >= 0.3 is 0 Å². The van der Waals surface area contributed by atoms with Crippen LogP contribution in [0, 0.1) is 4.64 Å². The van der Waals surface area contributed by atoms with E-state index in [4.69, 9.17) is 17.0 Å². The number of nitrogens with zero attached hydrogens (tertiary/aromatic N) is 2. The first-order valence-electron chi connectivity index (χ1n) is 6.87. The van der Waals surface area contributed by atoms with Crippen LogP contribution < -0.4 is 0 Å². The molecule has 3 aromatic rings. The summed E-state index contributed by atoms with van der Waals surface area (Å²) >= 11 is 5.41. The van der Waals surface area contributed by atoms with Crippen LogP contribution in [0.3, 0.4) is 0 Å². The topological polar surface area (TPSA) is 50.8 Å². The van der Waals surface area contributed by atoms with E-state index in [1.54, 1.807) is 6.20 Å². The van der Waals surface area contributed by atoms with Gasteiger partial charge in [-0.25, -0.2) is 4.98 Å². The van der Waals surface area contributed by atoms with Gasteiger partial charge in [0.25, 0.3) is 0 Å². The van der Waals surface area contributed by atoms with Crippen molar-refractivity contribution < 1.29 is 4.74 Å². The molecule has 4 rings (SSSR count). The second-order valence-corrected chi connectivity index (χ2v) is 5.42. The smallest absolute Gasteiger partial charge is 0.158 e. The number of hydrogen-bond acceptors (Lipinski definition) is 4. The molecule has 0 fully saturated rings. The second kappa shape index (κ2) is 5.02. The number of hydrogen-bond donors (Lipinski definition) is 1. The number of ether oxygens (including phenoxy) is 1. The Morgan fingerprint density at radius 1 is 1.19 bits per heavy atom. The van der Waals surface area contributed by atoms with E-state index < -0.39 is 0 Å². The highest BCUT2D eigenvalue weighted by Crippen LogP contribution is 2.25. The average Bonchev–Trinajstić information content (AvgIpc) is 2.54. The van der Waals surface area contributed by atoms with Gasteiger partial charge in [-0.1, -0.05) is 36.5 Å². The van der Waals surface area contributed by atoms with Gasteiger partial charge in [-0.05, 0) is 11.5 Å². The van der Waals surface area contributed by atoms with Crippen molar-refractivity contribution in [2.24, 2.45) is 0 Å². The zero-order chi connectivity index (χ0) is 14.2. The van der Waals surface area contributed by atoms with Gasteiger partial charge in [-0.3, -0.25) is 4.98 Å². The normalized spacial score (nSPS) is 14.1. The molecule has 5 heteroatoms. The molecular formula is C16H13N3OS. The van der Waals surface area contributed by atoms with E-state index in [0.717, 1.165) is 40.0 Å². The Labute approximate surface area is 126 Å². The van der Waals surface area contributed by atoms with Crippen molar-refractivity contribution in [3.05, 3.63) is 52.4 Å². The summed E-state index contributed by atoms with van der Waals surface area (Å²) in [5.74, 6) is 0.734. The molecule has 0 bridgehead atoms. The van der Waals surface area contributed by atoms with Crippen LogP contribution in [0.4, 0.5) is 0 Å². The molecule has 1 aliphatic heterocycles. The standard InChI is InChI=1S/C16H13N3OS/c21-16-12-9-20-8-6-13(12)18-15(19-16)14-11-4-2-1-3-10(11)5-7-17-14/h1-5,7H,6,8-9H2,(H,18,19,21). The number of aromatic nitrogens is 3. The lowest BCUT2D eigenvalue weighted by Crippen LogP contribution is -2.14. The van der Waals surface area contributed by atoms with Crippen molar-refractivity contribution in [1.29, 1.82) is 0 Å². The molecule has 2 aromatic heterocycles. The van der Waals surface area contributed by atoms with Crippen LogP contribution in [-0.2, 0) is 17.8 Å². The molecule has 0 saturated carbocycles. The summed E-state index contributed by atoms with van der Waals surface area (Å²) in [6.45, 7) is 1.26. The predicted molar refractivity (Wildman–Crippen MR) is 83.5 cm³/mol. The molecule has 21 heavy (non-hydrogen) atoms. The van der Waals surface area contributed by atoms with E-state index in [0.29, 0.717) is 17.9 Å². The van der Waals surface area contributed by atoms with Crippen LogP contribution in [0.5, 0.6) is 0 Å². The fraction of sp³-hybridized carbons (Fsp3) is 0.188. The van der Waals surface area contributed by atoms with E-state index in [1.165, 1.54) is 0 Å². The number of pyridine rings is 1. The van der Waals surface area contributed by atoms with Crippen LogP contribution in [0.15, 0.2) is 36.5 Å². The molecule has 0 saturated heterocycles. The van der Waals surface area contributed by atoms with Crippen molar-refractivity contribution in [1.82, 2.24) is 15.0 Å². The Balaban J connectivity index is 1.97.